The molecular formula is C15H14Br2S. The zero-order chi connectivity index (χ0) is 12.5. The third-order valence-corrected chi connectivity index (χ3v) is 6.13. The Morgan fingerprint density at radius 2 is 1.78 bits per heavy atom. The highest BCUT2D eigenvalue weighted by Gasteiger charge is 2.15. The second kappa shape index (κ2) is 5.48. The summed E-state index contributed by atoms with van der Waals surface area (Å²) in [5.74, 6) is 0. The van der Waals surface area contributed by atoms with Crippen LogP contribution in [0, 0.1) is 0 Å². The second-order valence-electron chi connectivity index (χ2n) is 4.78. The lowest BCUT2D eigenvalue weighted by atomic mass is 9.89. The molecule has 2 aromatic rings. The van der Waals surface area contributed by atoms with Crippen LogP contribution < -0.4 is 0 Å². The minimum Gasteiger partial charge on any atom is -0.136 e. The predicted octanol–water partition coefficient (Wildman–Crippen LogP) is 5.87. The Balaban J connectivity index is 1.92. The van der Waals surface area contributed by atoms with Gasteiger partial charge in [-0.1, -0.05) is 34.1 Å². The second-order valence-corrected chi connectivity index (χ2v) is 7.99. The van der Waals surface area contributed by atoms with Gasteiger partial charge in [-0.25, -0.2) is 0 Å². The van der Waals surface area contributed by atoms with E-state index in [2.05, 4.69) is 61.5 Å². The standard InChI is InChI=1S/C15H14Br2S/c16-14-8-13(9-18-14)15(17)12-6-5-10-3-1-2-4-11(10)7-12/h5-9,15H,1-4H2. The topological polar surface area (TPSA) is 0 Å². The highest BCUT2D eigenvalue weighted by molar-refractivity contribution is 9.11. The molecule has 94 valence electrons. The highest BCUT2D eigenvalue weighted by atomic mass is 79.9. The van der Waals surface area contributed by atoms with Gasteiger partial charge >= 0.3 is 0 Å². The van der Waals surface area contributed by atoms with E-state index in [-0.39, 0.29) is 0 Å². The molecule has 0 bridgehead atoms. The molecule has 0 fully saturated rings. The summed E-state index contributed by atoms with van der Waals surface area (Å²) in [6, 6.07) is 9.18. The minimum atomic E-state index is 0.312. The van der Waals surface area contributed by atoms with Gasteiger partial charge in [-0.15, -0.1) is 11.3 Å². The fourth-order valence-corrected chi connectivity index (χ4v) is 4.49. The van der Waals surface area contributed by atoms with Crippen LogP contribution >= 0.6 is 43.2 Å². The first-order valence-electron chi connectivity index (χ1n) is 6.24. The van der Waals surface area contributed by atoms with Gasteiger partial charge in [0.15, 0.2) is 0 Å². The quantitative estimate of drug-likeness (QED) is 0.566. The molecule has 0 spiro atoms. The van der Waals surface area contributed by atoms with Crippen LogP contribution in [-0.2, 0) is 12.8 Å². The van der Waals surface area contributed by atoms with Gasteiger partial charge in [0.05, 0.1) is 8.61 Å². The maximum absolute atomic E-state index is 3.82. The van der Waals surface area contributed by atoms with Gasteiger partial charge in [0.1, 0.15) is 0 Å². The Hall–Kier alpha value is -0.120. The van der Waals surface area contributed by atoms with Gasteiger partial charge in [-0.2, -0.15) is 0 Å². The van der Waals surface area contributed by atoms with Crippen molar-refractivity contribution in [3.05, 3.63) is 55.7 Å². The molecule has 0 saturated carbocycles. The van der Waals surface area contributed by atoms with Gasteiger partial charge in [-0.3, -0.25) is 0 Å². The number of fused-ring (bicyclic) bond motifs is 1. The van der Waals surface area contributed by atoms with Crippen LogP contribution in [0.1, 0.15) is 39.9 Å². The molecule has 0 nitrogen and oxygen atoms in total. The van der Waals surface area contributed by atoms with Gasteiger partial charge in [-0.05, 0) is 75.3 Å². The van der Waals surface area contributed by atoms with Gasteiger partial charge in [0.25, 0.3) is 0 Å². The maximum Gasteiger partial charge on any atom is 0.0701 e. The van der Waals surface area contributed by atoms with Crippen molar-refractivity contribution in [1.29, 1.82) is 0 Å². The summed E-state index contributed by atoms with van der Waals surface area (Å²) in [6.45, 7) is 0. The van der Waals surface area contributed by atoms with Crippen LogP contribution in [0.3, 0.4) is 0 Å². The Labute approximate surface area is 129 Å². The van der Waals surface area contributed by atoms with E-state index in [9.17, 15) is 0 Å². The molecule has 0 radical (unpaired) electrons. The summed E-state index contributed by atoms with van der Waals surface area (Å²) >= 11 is 9.09. The number of hydrogen-bond acceptors (Lipinski definition) is 1. The van der Waals surface area contributed by atoms with Gasteiger partial charge in [0.2, 0.25) is 0 Å². The maximum atomic E-state index is 3.82. The van der Waals surface area contributed by atoms with Crippen LogP contribution in [0.15, 0.2) is 33.4 Å². The number of rotatable bonds is 2. The summed E-state index contributed by atoms with van der Waals surface area (Å²) in [4.78, 5) is 0.312. The van der Waals surface area contributed by atoms with E-state index in [0.717, 1.165) is 0 Å². The Bertz CT molecular complexity index is 559. The summed E-state index contributed by atoms with van der Waals surface area (Å²) in [6.07, 6.45) is 5.19. The third kappa shape index (κ3) is 2.59. The first-order chi connectivity index (χ1) is 8.74. The van der Waals surface area contributed by atoms with Crippen molar-refractivity contribution in [2.45, 2.75) is 30.5 Å². The van der Waals surface area contributed by atoms with E-state index in [1.54, 1.807) is 22.5 Å². The van der Waals surface area contributed by atoms with Crippen LogP contribution in [-0.4, -0.2) is 0 Å². The Morgan fingerprint density at radius 1 is 1.00 bits per heavy atom. The molecular weight excluding hydrogens is 372 g/mol. The molecule has 1 atom stereocenters. The molecule has 1 aromatic carbocycles. The summed E-state index contributed by atoms with van der Waals surface area (Å²) in [7, 11) is 0. The zero-order valence-electron chi connectivity index (χ0n) is 9.96. The third-order valence-electron chi connectivity index (χ3n) is 3.55. The van der Waals surface area contributed by atoms with E-state index >= 15 is 0 Å². The van der Waals surface area contributed by atoms with Crippen molar-refractivity contribution in [3.63, 3.8) is 0 Å². The largest absolute Gasteiger partial charge is 0.136 e. The van der Waals surface area contributed by atoms with Crippen molar-refractivity contribution in [2.24, 2.45) is 0 Å². The van der Waals surface area contributed by atoms with Crippen molar-refractivity contribution in [2.75, 3.05) is 0 Å². The zero-order valence-corrected chi connectivity index (χ0v) is 13.9. The van der Waals surface area contributed by atoms with E-state index < -0.39 is 0 Å². The van der Waals surface area contributed by atoms with Gasteiger partial charge < -0.3 is 0 Å². The van der Waals surface area contributed by atoms with Crippen molar-refractivity contribution in [3.8, 4) is 0 Å². The first-order valence-corrected chi connectivity index (χ1v) is 8.82. The lowest BCUT2D eigenvalue weighted by Crippen LogP contribution is -2.04. The molecule has 1 aliphatic rings. The molecule has 1 aliphatic carbocycles. The molecule has 0 N–H and O–H groups in total. The SMILES string of the molecule is Brc1cc(C(Br)c2ccc3c(c2)CCCC3)cs1. The summed E-state index contributed by atoms with van der Waals surface area (Å²) < 4.78 is 1.19. The molecule has 1 heterocycles. The molecule has 1 aromatic heterocycles. The number of thiophene rings is 1. The first kappa shape index (κ1) is 12.9. The lowest BCUT2D eigenvalue weighted by molar-refractivity contribution is 0.684. The molecule has 18 heavy (non-hydrogen) atoms. The lowest BCUT2D eigenvalue weighted by Gasteiger charge is -2.18. The molecule has 1 unspecified atom stereocenters. The smallest absolute Gasteiger partial charge is 0.0701 e. The van der Waals surface area contributed by atoms with Crippen molar-refractivity contribution in [1.82, 2.24) is 0 Å². The number of benzene rings is 1. The average molecular weight is 386 g/mol. The van der Waals surface area contributed by atoms with Crippen LogP contribution in [0.25, 0.3) is 0 Å². The average Bonchev–Trinajstić information content (AvgIpc) is 2.84. The van der Waals surface area contributed by atoms with E-state index in [1.807, 2.05) is 0 Å². The number of alkyl halides is 1. The fourth-order valence-electron chi connectivity index (χ4n) is 2.56. The van der Waals surface area contributed by atoms with Crippen LogP contribution in [0.4, 0.5) is 0 Å². The Morgan fingerprint density at radius 3 is 2.50 bits per heavy atom. The summed E-state index contributed by atoms with van der Waals surface area (Å²) in [5, 5.41) is 2.21. The van der Waals surface area contributed by atoms with Gasteiger partial charge in [0, 0.05) is 0 Å². The molecule has 0 aliphatic heterocycles. The van der Waals surface area contributed by atoms with Crippen LogP contribution in [0.5, 0.6) is 0 Å². The monoisotopic (exact) mass is 384 g/mol. The van der Waals surface area contributed by atoms with E-state index in [4.69, 9.17) is 0 Å². The number of aryl methyl sites for hydroxylation is 2. The molecule has 3 heteroatoms. The molecule has 3 rings (SSSR count). The van der Waals surface area contributed by atoms with Crippen molar-refractivity contribution < 1.29 is 0 Å². The van der Waals surface area contributed by atoms with Crippen LogP contribution in [0.2, 0.25) is 0 Å². The normalized spacial score (nSPS) is 16.3. The molecule has 0 saturated heterocycles. The van der Waals surface area contributed by atoms with Crippen molar-refractivity contribution >= 4 is 43.2 Å². The highest BCUT2D eigenvalue weighted by Crippen LogP contribution is 2.36. The Kier molecular flexibility index (Phi) is 3.92. The predicted molar refractivity (Wildman–Crippen MR) is 85.9 cm³/mol. The summed E-state index contributed by atoms with van der Waals surface area (Å²) in [5.41, 5.74) is 5.82. The fraction of sp³-hybridized carbons (Fsp3) is 0.333. The number of halogens is 2. The minimum absolute atomic E-state index is 0.312. The van der Waals surface area contributed by atoms with E-state index in [1.165, 1.54) is 40.6 Å². The molecule has 0 amide bonds. The van der Waals surface area contributed by atoms with E-state index in [0.29, 0.717) is 4.83 Å². The number of hydrogen-bond donors (Lipinski definition) is 0.